The van der Waals surface area contributed by atoms with E-state index in [1.165, 1.54) is 5.56 Å². The summed E-state index contributed by atoms with van der Waals surface area (Å²) >= 11 is 12.2. The Morgan fingerprint density at radius 3 is 2.74 bits per heavy atom. The molecule has 2 heterocycles. The predicted molar refractivity (Wildman–Crippen MR) is 79.0 cm³/mol. The van der Waals surface area contributed by atoms with E-state index in [-0.39, 0.29) is 5.60 Å². The van der Waals surface area contributed by atoms with E-state index in [0.717, 1.165) is 25.9 Å². The molecule has 0 saturated carbocycles. The summed E-state index contributed by atoms with van der Waals surface area (Å²) in [5.41, 5.74) is 0.981. The van der Waals surface area contributed by atoms with Crippen molar-refractivity contribution in [3.8, 4) is 0 Å². The molecule has 2 aliphatic heterocycles. The summed E-state index contributed by atoms with van der Waals surface area (Å²) in [6, 6.07) is 6.45. The highest BCUT2D eigenvalue weighted by atomic mass is 35.5. The van der Waals surface area contributed by atoms with Gasteiger partial charge in [-0.3, -0.25) is 4.90 Å². The molecule has 3 atom stereocenters. The van der Waals surface area contributed by atoms with Crippen molar-refractivity contribution in [3.05, 3.63) is 33.8 Å². The quantitative estimate of drug-likeness (QED) is 0.833. The van der Waals surface area contributed by atoms with Crippen molar-refractivity contribution in [2.45, 2.75) is 44.4 Å². The Bertz CT molecular complexity index is 477. The minimum Gasteiger partial charge on any atom is -0.364 e. The highest BCUT2D eigenvalue weighted by molar-refractivity contribution is 6.42. The number of likely N-dealkylation sites (tertiary alicyclic amines) is 1. The molecule has 2 bridgehead atoms. The minimum atomic E-state index is -0.185. The van der Waals surface area contributed by atoms with Crippen LogP contribution in [0.5, 0.6) is 0 Å². The standard InChI is InChI=1S/C15H19Cl2NO/c1-3-14-13-8-15(19-14,9-18(13)4-2)10-5-6-11(16)12(17)7-10/h5-7,13-14H,3-4,8-9H2,1-2H3. The highest BCUT2D eigenvalue weighted by Crippen LogP contribution is 2.49. The molecule has 0 N–H and O–H groups in total. The van der Waals surface area contributed by atoms with Crippen LogP contribution in [-0.2, 0) is 10.3 Å². The molecule has 2 nitrogen and oxygen atoms in total. The van der Waals surface area contributed by atoms with E-state index >= 15 is 0 Å². The van der Waals surface area contributed by atoms with Crippen LogP contribution in [0.1, 0.15) is 32.3 Å². The van der Waals surface area contributed by atoms with E-state index in [4.69, 9.17) is 27.9 Å². The van der Waals surface area contributed by atoms with E-state index in [1.54, 1.807) is 0 Å². The molecule has 104 valence electrons. The average Bonchev–Trinajstić information content (AvgIpc) is 2.97. The fourth-order valence-electron chi connectivity index (χ4n) is 3.56. The number of benzene rings is 1. The van der Waals surface area contributed by atoms with Crippen LogP contribution in [0.2, 0.25) is 10.0 Å². The zero-order valence-electron chi connectivity index (χ0n) is 11.3. The van der Waals surface area contributed by atoms with Gasteiger partial charge in [-0.05, 0) is 37.1 Å². The average molecular weight is 300 g/mol. The Kier molecular flexibility index (Phi) is 3.55. The summed E-state index contributed by atoms with van der Waals surface area (Å²) in [5.74, 6) is 0. The molecule has 1 aromatic rings. The molecule has 19 heavy (non-hydrogen) atoms. The number of halogens is 2. The Morgan fingerprint density at radius 1 is 1.32 bits per heavy atom. The van der Waals surface area contributed by atoms with Gasteiger partial charge in [-0.25, -0.2) is 0 Å². The largest absolute Gasteiger partial charge is 0.364 e. The molecule has 0 aromatic heterocycles. The molecule has 2 saturated heterocycles. The molecule has 3 unspecified atom stereocenters. The van der Waals surface area contributed by atoms with Crippen molar-refractivity contribution in [1.82, 2.24) is 4.90 Å². The lowest BCUT2D eigenvalue weighted by molar-refractivity contribution is -0.1000. The van der Waals surface area contributed by atoms with Crippen LogP contribution in [-0.4, -0.2) is 30.1 Å². The Labute approximate surface area is 124 Å². The first-order valence-corrected chi connectivity index (χ1v) is 7.72. The van der Waals surface area contributed by atoms with Crippen LogP contribution < -0.4 is 0 Å². The number of morpholine rings is 1. The summed E-state index contributed by atoms with van der Waals surface area (Å²) in [7, 11) is 0. The lowest BCUT2D eigenvalue weighted by atomic mass is 9.93. The van der Waals surface area contributed by atoms with Gasteiger partial charge in [-0.2, -0.15) is 0 Å². The minimum absolute atomic E-state index is 0.185. The number of nitrogens with zero attached hydrogens (tertiary/aromatic N) is 1. The van der Waals surface area contributed by atoms with Crippen LogP contribution in [0.15, 0.2) is 18.2 Å². The van der Waals surface area contributed by atoms with Crippen LogP contribution in [0.3, 0.4) is 0 Å². The van der Waals surface area contributed by atoms with Crippen molar-refractivity contribution in [1.29, 1.82) is 0 Å². The lowest BCUT2D eigenvalue weighted by Crippen LogP contribution is -2.46. The molecular formula is C15H19Cl2NO. The number of hydrogen-bond donors (Lipinski definition) is 0. The third kappa shape index (κ3) is 2.09. The number of likely N-dealkylation sites (N-methyl/N-ethyl adjacent to an activating group) is 1. The predicted octanol–water partition coefficient (Wildman–Crippen LogP) is 4.09. The monoisotopic (exact) mass is 299 g/mol. The molecule has 0 spiro atoms. The number of hydrogen-bond acceptors (Lipinski definition) is 2. The normalized spacial score (nSPS) is 34.1. The second-order valence-electron chi connectivity index (χ2n) is 5.52. The molecule has 4 heteroatoms. The fourth-order valence-corrected chi connectivity index (χ4v) is 3.85. The molecule has 0 radical (unpaired) electrons. The third-order valence-corrected chi connectivity index (χ3v) is 5.27. The maximum atomic E-state index is 6.37. The summed E-state index contributed by atoms with van der Waals surface area (Å²) in [5, 5.41) is 1.22. The molecular weight excluding hydrogens is 281 g/mol. The summed E-state index contributed by atoms with van der Waals surface area (Å²) in [6.45, 7) is 6.45. The maximum Gasteiger partial charge on any atom is 0.108 e. The topological polar surface area (TPSA) is 12.5 Å². The first kappa shape index (κ1) is 13.7. The van der Waals surface area contributed by atoms with Gasteiger partial charge in [0.15, 0.2) is 0 Å². The molecule has 2 aliphatic rings. The molecule has 0 amide bonds. The van der Waals surface area contributed by atoms with Crippen molar-refractivity contribution in [2.75, 3.05) is 13.1 Å². The van der Waals surface area contributed by atoms with Gasteiger partial charge in [0.1, 0.15) is 5.60 Å². The summed E-state index contributed by atoms with van der Waals surface area (Å²) in [4.78, 5) is 2.53. The summed E-state index contributed by atoms with van der Waals surface area (Å²) in [6.07, 6.45) is 2.46. The van der Waals surface area contributed by atoms with Gasteiger partial charge in [-0.15, -0.1) is 0 Å². The Balaban J connectivity index is 1.97. The third-order valence-electron chi connectivity index (χ3n) is 4.53. The van der Waals surface area contributed by atoms with E-state index in [2.05, 4.69) is 24.8 Å². The van der Waals surface area contributed by atoms with Gasteiger partial charge in [0.2, 0.25) is 0 Å². The van der Waals surface area contributed by atoms with Gasteiger partial charge in [-0.1, -0.05) is 43.1 Å². The van der Waals surface area contributed by atoms with Gasteiger partial charge in [0.05, 0.1) is 16.1 Å². The van der Waals surface area contributed by atoms with Crippen molar-refractivity contribution >= 4 is 23.2 Å². The molecule has 2 fully saturated rings. The van der Waals surface area contributed by atoms with Crippen LogP contribution in [0.4, 0.5) is 0 Å². The van der Waals surface area contributed by atoms with Gasteiger partial charge < -0.3 is 4.74 Å². The van der Waals surface area contributed by atoms with Crippen molar-refractivity contribution in [3.63, 3.8) is 0 Å². The Hall–Kier alpha value is -0.280. The lowest BCUT2D eigenvalue weighted by Gasteiger charge is -2.37. The van der Waals surface area contributed by atoms with E-state index < -0.39 is 0 Å². The summed E-state index contributed by atoms with van der Waals surface area (Å²) < 4.78 is 6.37. The van der Waals surface area contributed by atoms with Crippen molar-refractivity contribution < 1.29 is 4.74 Å². The Morgan fingerprint density at radius 2 is 2.11 bits per heavy atom. The number of rotatable bonds is 3. The molecule has 1 aromatic carbocycles. The number of fused-ring (bicyclic) bond motifs is 2. The molecule has 0 aliphatic carbocycles. The zero-order chi connectivity index (χ0) is 13.6. The van der Waals surface area contributed by atoms with Crippen LogP contribution in [0, 0.1) is 0 Å². The molecule has 3 rings (SSSR count). The van der Waals surface area contributed by atoms with Gasteiger partial charge in [0.25, 0.3) is 0 Å². The first-order chi connectivity index (χ1) is 9.09. The maximum absolute atomic E-state index is 6.37. The highest BCUT2D eigenvalue weighted by Gasteiger charge is 2.55. The van der Waals surface area contributed by atoms with E-state index in [0.29, 0.717) is 22.2 Å². The fraction of sp³-hybridized carbons (Fsp3) is 0.600. The van der Waals surface area contributed by atoms with Crippen LogP contribution in [0.25, 0.3) is 0 Å². The first-order valence-electron chi connectivity index (χ1n) is 6.97. The van der Waals surface area contributed by atoms with E-state index in [9.17, 15) is 0 Å². The second kappa shape index (κ2) is 4.92. The van der Waals surface area contributed by atoms with Gasteiger partial charge >= 0.3 is 0 Å². The zero-order valence-corrected chi connectivity index (χ0v) is 12.8. The second-order valence-corrected chi connectivity index (χ2v) is 6.34. The van der Waals surface area contributed by atoms with E-state index in [1.807, 2.05) is 12.1 Å². The SMILES string of the molecule is CCC1OC2(c3ccc(Cl)c(Cl)c3)CC1N(CC)C2. The van der Waals surface area contributed by atoms with Crippen molar-refractivity contribution in [2.24, 2.45) is 0 Å². The smallest absolute Gasteiger partial charge is 0.108 e. The van der Waals surface area contributed by atoms with Gasteiger partial charge in [0, 0.05) is 12.6 Å². The van der Waals surface area contributed by atoms with Crippen LogP contribution >= 0.6 is 23.2 Å². The number of ether oxygens (including phenoxy) is 1.